The molecule has 1 saturated heterocycles. The van der Waals surface area contributed by atoms with Crippen LogP contribution in [-0.4, -0.2) is 46.7 Å². The van der Waals surface area contributed by atoms with E-state index >= 15 is 0 Å². The average molecular weight is 291 g/mol. The largest absolute Gasteiger partial charge is 0.395 e. The van der Waals surface area contributed by atoms with Gasteiger partial charge in [-0.1, -0.05) is 13.8 Å². The lowest BCUT2D eigenvalue weighted by molar-refractivity contribution is 0.0943. The Morgan fingerprint density at radius 1 is 1.48 bits per heavy atom. The summed E-state index contributed by atoms with van der Waals surface area (Å²) < 4.78 is 0. The molecule has 1 aromatic heterocycles. The van der Waals surface area contributed by atoms with Crippen LogP contribution in [0.5, 0.6) is 0 Å². The zero-order valence-corrected chi connectivity index (χ0v) is 12.9. The summed E-state index contributed by atoms with van der Waals surface area (Å²) in [4.78, 5) is 14.8. The monoisotopic (exact) mass is 291 g/mol. The molecule has 1 amide bonds. The van der Waals surface area contributed by atoms with Gasteiger partial charge in [0.2, 0.25) is 0 Å². The first-order chi connectivity index (χ1) is 10.1. The van der Waals surface area contributed by atoms with Crippen LogP contribution < -0.4 is 11.1 Å². The van der Waals surface area contributed by atoms with Crippen molar-refractivity contribution in [2.24, 2.45) is 5.92 Å². The minimum Gasteiger partial charge on any atom is -0.395 e. The van der Waals surface area contributed by atoms with Gasteiger partial charge in [0.1, 0.15) is 0 Å². The molecule has 2 fully saturated rings. The van der Waals surface area contributed by atoms with E-state index in [9.17, 15) is 4.79 Å². The molecule has 116 valence electrons. The minimum absolute atomic E-state index is 0.166. The number of nitrogens with zero attached hydrogens (tertiary/aromatic N) is 2. The first kappa shape index (κ1) is 14.4. The van der Waals surface area contributed by atoms with Crippen LogP contribution in [0.25, 0.3) is 0 Å². The van der Waals surface area contributed by atoms with Gasteiger partial charge in [0.15, 0.2) is 5.69 Å². The number of nitrogens with two attached hydrogens (primary N) is 1. The van der Waals surface area contributed by atoms with Gasteiger partial charge in [-0.05, 0) is 37.6 Å². The molecule has 0 bridgehead atoms. The summed E-state index contributed by atoms with van der Waals surface area (Å²) in [5, 5.41) is 9.92. The van der Waals surface area contributed by atoms with Crippen molar-refractivity contribution < 1.29 is 4.79 Å². The zero-order chi connectivity index (χ0) is 15.0. The van der Waals surface area contributed by atoms with Gasteiger partial charge in [0.25, 0.3) is 5.91 Å². The highest BCUT2D eigenvalue weighted by atomic mass is 16.1. The number of amides is 1. The van der Waals surface area contributed by atoms with E-state index in [0.29, 0.717) is 23.8 Å². The van der Waals surface area contributed by atoms with Crippen LogP contribution >= 0.6 is 0 Å². The molecule has 1 aliphatic carbocycles. The number of rotatable bonds is 5. The molecule has 1 aliphatic heterocycles. The first-order valence-electron chi connectivity index (χ1n) is 7.92. The van der Waals surface area contributed by atoms with Gasteiger partial charge in [0.05, 0.1) is 11.4 Å². The Morgan fingerprint density at radius 2 is 2.24 bits per heavy atom. The molecule has 1 atom stereocenters. The maximum atomic E-state index is 12.2. The van der Waals surface area contributed by atoms with Crippen LogP contribution in [0.2, 0.25) is 0 Å². The van der Waals surface area contributed by atoms with E-state index in [1.807, 2.05) is 13.8 Å². The molecule has 0 spiro atoms. The number of hydrogen-bond acceptors (Lipinski definition) is 4. The van der Waals surface area contributed by atoms with Crippen LogP contribution in [0.1, 0.15) is 55.2 Å². The van der Waals surface area contributed by atoms with Crippen molar-refractivity contribution in [3.63, 3.8) is 0 Å². The molecule has 2 heterocycles. The molecule has 0 aromatic carbocycles. The molecular weight excluding hydrogens is 266 g/mol. The van der Waals surface area contributed by atoms with E-state index in [1.165, 1.54) is 25.8 Å². The third-order valence-corrected chi connectivity index (χ3v) is 4.56. The number of aromatic amines is 1. The Bertz CT molecular complexity index is 520. The highest BCUT2D eigenvalue weighted by Crippen LogP contribution is 2.31. The van der Waals surface area contributed by atoms with Gasteiger partial charge in [-0.2, -0.15) is 5.10 Å². The summed E-state index contributed by atoms with van der Waals surface area (Å²) in [5.74, 6) is 0.626. The highest BCUT2D eigenvalue weighted by molar-refractivity contribution is 5.97. The van der Waals surface area contributed by atoms with Gasteiger partial charge in [-0.15, -0.1) is 0 Å². The van der Waals surface area contributed by atoms with Crippen LogP contribution in [-0.2, 0) is 0 Å². The van der Waals surface area contributed by atoms with Crippen LogP contribution in [0, 0.1) is 5.92 Å². The second-order valence-corrected chi connectivity index (χ2v) is 6.65. The average Bonchev–Trinajstić information content (AvgIpc) is 3.06. The number of nitrogen functional groups attached to an aromatic ring is 1. The first-order valence-corrected chi connectivity index (χ1v) is 7.92. The maximum absolute atomic E-state index is 12.2. The number of likely N-dealkylation sites (tertiary alicyclic amines) is 1. The summed E-state index contributed by atoms with van der Waals surface area (Å²) in [6.45, 7) is 7.05. The number of nitrogens with one attached hydrogen (secondary N) is 2. The van der Waals surface area contributed by atoms with Gasteiger partial charge in [0, 0.05) is 19.1 Å². The number of anilines is 1. The van der Waals surface area contributed by atoms with Crippen molar-refractivity contribution >= 4 is 11.6 Å². The molecule has 1 aromatic rings. The molecule has 6 nitrogen and oxygen atoms in total. The number of carbonyl (C=O) groups excluding carboxylic acids is 1. The van der Waals surface area contributed by atoms with Crippen LogP contribution in [0.4, 0.5) is 5.69 Å². The topological polar surface area (TPSA) is 87.0 Å². The lowest BCUT2D eigenvalue weighted by Crippen LogP contribution is -2.32. The second-order valence-electron chi connectivity index (χ2n) is 6.65. The molecule has 2 aliphatic rings. The Kier molecular flexibility index (Phi) is 3.89. The van der Waals surface area contributed by atoms with Crippen molar-refractivity contribution in [1.82, 2.24) is 20.4 Å². The Balaban J connectivity index is 1.52. The Morgan fingerprint density at radius 3 is 2.86 bits per heavy atom. The minimum atomic E-state index is -0.166. The van der Waals surface area contributed by atoms with Crippen molar-refractivity contribution in [3.8, 4) is 0 Å². The fourth-order valence-corrected chi connectivity index (χ4v) is 3.10. The number of hydrogen-bond donors (Lipinski definition) is 3. The van der Waals surface area contributed by atoms with E-state index < -0.39 is 0 Å². The molecule has 3 rings (SSSR count). The lowest BCUT2D eigenvalue weighted by Gasteiger charge is -2.15. The lowest BCUT2D eigenvalue weighted by atomic mass is 10.1. The smallest absolute Gasteiger partial charge is 0.273 e. The molecular formula is C15H25N5O. The predicted molar refractivity (Wildman–Crippen MR) is 82.1 cm³/mol. The summed E-state index contributed by atoms with van der Waals surface area (Å²) in [5.41, 5.74) is 7.64. The molecule has 1 unspecified atom stereocenters. The molecule has 6 heteroatoms. The van der Waals surface area contributed by atoms with Gasteiger partial charge >= 0.3 is 0 Å². The summed E-state index contributed by atoms with van der Waals surface area (Å²) in [7, 11) is 0. The van der Waals surface area contributed by atoms with Gasteiger partial charge in [-0.3, -0.25) is 9.89 Å². The fourth-order valence-electron chi connectivity index (χ4n) is 3.10. The predicted octanol–water partition coefficient (Wildman–Crippen LogP) is 1.33. The number of carbonyl (C=O) groups is 1. The molecule has 21 heavy (non-hydrogen) atoms. The van der Waals surface area contributed by atoms with Crippen molar-refractivity contribution in [2.45, 2.75) is 45.1 Å². The Labute approximate surface area is 125 Å². The summed E-state index contributed by atoms with van der Waals surface area (Å²) in [6, 6.07) is 0.821. The molecule has 4 N–H and O–H groups in total. The third-order valence-electron chi connectivity index (χ3n) is 4.56. The SMILES string of the molecule is CC(C)c1[nH]nc(C(=O)NCC2CCN(C3CC3)C2)c1N. The second kappa shape index (κ2) is 5.67. The molecule has 0 radical (unpaired) electrons. The van der Waals surface area contributed by atoms with Gasteiger partial charge < -0.3 is 16.0 Å². The third kappa shape index (κ3) is 3.05. The summed E-state index contributed by atoms with van der Waals surface area (Å²) >= 11 is 0. The van der Waals surface area contributed by atoms with E-state index in [2.05, 4.69) is 20.4 Å². The standard InChI is InChI=1S/C15H25N5O/c1-9(2)13-12(16)14(19-18-13)15(21)17-7-10-5-6-20(8-10)11-3-4-11/h9-11H,3-8,16H2,1-2H3,(H,17,21)(H,18,19). The molecule has 1 saturated carbocycles. The summed E-state index contributed by atoms with van der Waals surface area (Å²) in [6.07, 6.45) is 3.87. The van der Waals surface area contributed by atoms with E-state index in [1.54, 1.807) is 0 Å². The normalized spacial score (nSPS) is 22.9. The van der Waals surface area contributed by atoms with Crippen LogP contribution in [0.3, 0.4) is 0 Å². The van der Waals surface area contributed by atoms with E-state index in [4.69, 9.17) is 5.73 Å². The van der Waals surface area contributed by atoms with Crippen molar-refractivity contribution in [1.29, 1.82) is 0 Å². The fraction of sp³-hybridized carbons (Fsp3) is 0.733. The van der Waals surface area contributed by atoms with Crippen molar-refractivity contribution in [2.75, 3.05) is 25.4 Å². The van der Waals surface area contributed by atoms with Gasteiger partial charge in [-0.25, -0.2) is 0 Å². The van der Waals surface area contributed by atoms with Crippen LogP contribution in [0.15, 0.2) is 0 Å². The van der Waals surface area contributed by atoms with E-state index in [-0.39, 0.29) is 11.8 Å². The zero-order valence-electron chi connectivity index (χ0n) is 12.9. The quantitative estimate of drug-likeness (QED) is 0.764. The number of aromatic nitrogens is 2. The number of H-pyrrole nitrogens is 1. The maximum Gasteiger partial charge on any atom is 0.273 e. The van der Waals surface area contributed by atoms with Crippen molar-refractivity contribution in [3.05, 3.63) is 11.4 Å². The Hall–Kier alpha value is -1.56. The van der Waals surface area contributed by atoms with E-state index in [0.717, 1.165) is 18.3 Å². The highest BCUT2D eigenvalue weighted by Gasteiger charge is 2.34.